The maximum Gasteiger partial charge on any atom is 0.111 e. The highest BCUT2D eigenvalue weighted by Crippen LogP contribution is 2.16. The average Bonchev–Trinajstić information content (AvgIpc) is 2.75. The number of hydrogen-bond donors (Lipinski definition) is 1. The molecule has 0 aliphatic heterocycles. The Balaban J connectivity index is 2.37. The quantitative estimate of drug-likeness (QED) is 0.799. The Labute approximate surface area is 101 Å². The third-order valence-corrected chi connectivity index (χ3v) is 2.39. The predicted octanol–water partition coefficient (Wildman–Crippen LogP) is 1.30. The van der Waals surface area contributed by atoms with Gasteiger partial charge in [-0.05, 0) is 25.2 Å². The van der Waals surface area contributed by atoms with Crippen molar-refractivity contribution in [2.45, 2.75) is 13.1 Å². The zero-order valence-corrected chi connectivity index (χ0v) is 9.72. The van der Waals surface area contributed by atoms with Crippen LogP contribution in [0.15, 0.2) is 30.5 Å². The van der Waals surface area contributed by atoms with Gasteiger partial charge in [-0.2, -0.15) is 5.10 Å². The smallest absolute Gasteiger partial charge is 0.111 e. The van der Waals surface area contributed by atoms with Crippen LogP contribution in [-0.2, 0) is 13.1 Å². The van der Waals surface area contributed by atoms with E-state index in [2.05, 4.69) is 21.3 Å². The summed E-state index contributed by atoms with van der Waals surface area (Å²) in [4.78, 5) is 4.28. The maximum absolute atomic E-state index is 5.33. The van der Waals surface area contributed by atoms with Gasteiger partial charge in [-0.1, -0.05) is 12.0 Å². The molecule has 17 heavy (non-hydrogen) atoms. The van der Waals surface area contributed by atoms with Gasteiger partial charge in [0.05, 0.1) is 11.4 Å². The minimum Gasteiger partial charge on any atom is -0.314 e. The molecular weight excluding hydrogens is 212 g/mol. The van der Waals surface area contributed by atoms with Gasteiger partial charge in [0, 0.05) is 12.7 Å². The summed E-state index contributed by atoms with van der Waals surface area (Å²) in [5.41, 5.74) is 2.78. The number of terminal acetylenes is 1. The van der Waals surface area contributed by atoms with Gasteiger partial charge in [0.25, 0.3) is 0 Å². The first kappa shape index (κ1) is 11.4. The van der Waals surface area contributed by atoms with Crippen LogP contribution in [-0.4, -0.2) is 21.8 Å². The van der Waals surface area contributed by atoms with Crippen molar-refractivity contribution in [3.8, 4) is 23.7 Å². The van der Waals surface area contributed by atoms with Crippen molar-refractivity contribution in [2.24, 2.45) is 0 Å². The average molecular weight is 226 g/mol. The number of rotatable bonds is 4. The van der Waals surface area contributed by atoms with Crippen LogP contribution >= 0.6 is 0 Å². The lowest BCUT2D eigenvalue weighted by atomic mass is 10.2. The minimum absolute atomic E-state index is 0.476. The van der Waals surface area contributed by atoms with Gasteiger partial charge in [0.2, 0.25) is 0 Å². The van der Waals surface area contributed by atoms with Gasteiger partial charge in [-0.25, -0.2) is 0 Å². The van der Waals surface area contributed by atoms with Crippen molar-refractivity contribution >= 4 is 0 Å². The Morgan fingerprint density at radius 1 is 1.41 bits per heavy atom. The van der Waals surface area contributed by atoms with Crippen molar-refractivity contribution < 1.29 is 0 Å². The lowest BCUT2D eigenvalue weighted by Gasteiger charge is -2.01. The van der Waals surface area contributed by atoms with Crippen LogP contribution in [0.4, 0.5) is 0 Å². The van der Waals surface area contributed by atoms with Crippen LogP contribution in [0.2, 0.25) is 0 Å². The van der Waals surface area contributed by atoms with Gasteiger partial charge >= 0.3 is 0 Å². The molecule has 4 heteroatoms. The van der Waals surface area contributed by atoms with Crippen LogP contribution < -0.4 is 5.32 Å². The van der Waals surface area contributed by atoms with E-state index in [0.717, 1.165) is 23.6 Å². The van der Waals surface area contributed by atoms with E-state index in [4.69, 9.17) is 6.42 Å². The first-order valence-corrected chi connectivity index (χ1v) is 5.41. The monoisotopic (exact) mass is 226 g/mol. The summed E-state index contributed by atoms with van der Waals surface area (Å²) in [6, 6.07) is 7.78. The number of nitrogens with zero attached hydrogens (tertiary/aromatic N) is 3. The molecule has 0 saturated carbocycles. The molecule has 0 spiro atoms. The van der Waals surface area contributed by atoms with E-state index in [0.29, 0.717) is 6.54 Å². The molecule has 2 aromatic heterocycles. The van der Waals surface area contributed by atoms with Crippen LogP contribution in [0.25, 0.3) is 11.4 Å². The SMILES string of the molecule is C#CCn1nc(-c2ccccn2)cc1CNC. The van der Waals surface area contributed by atoms with Crippen molar-refractivity contribution in [1.29, 1.82) is 0 Å². The largest absolute Gasteiger partial charge is 0.314 e. The third-order valence-electron chi connectivity index (χ3n) is 2.39. The summed E-state index contributed by atoms with van der Waals surface area (Å²) in [7, 11) is 1.90. The van der Waals surface area contributed by atoms with E-state index in [9.17, 15) is 0 Å². The zero-order chi connectivity index (χ0) is 12.1. The topological polar surface area (TPSA) is 42.7 Å². The van der Waals surface area contributed by atoms with E-state index in [1.807, 2.05) is 36.0 Å². The van der Waals surface area contributed by atoms with Crippen LogP contribution in [0.5, 0.6) is 0 Å². The molecule has 1 N–H and O–H groups in total. The molecule has 0 aliphatic rings. The highest BCUT2D eigenvalue weighted by atomic mass is 15.3. The number of pyridine rings is 1. The molecular formula is C13H14N4. The number of nitrogens with one attached hydrogen (secondary N) is 1. The van der Waals surface area contributed by atoms with E-state index in [1.54, 1.807) is 6.20 Å². The first-order valence-electron chi connectivity index (χ1n) is 5.41. The van der Waals surface area contributed by atoms with Gasteiger partial charge < -0.3 is 5.32 Å². The fourth-order valence-electron chi connectivity index (χ4n) is 1.64. The minimum atomic E-state index is 0.476. The van der Waals surface area contributed by atoms with Crippen LogP contribution in [0.3, 0.4) is 0 Å². The van der Waals surface area contributed by atoms with Crippen molar-refractivity contribution in [2.75, 3.05) is 7.05 Å². The second-order valence-corrected chi connectivity index (χ2v) is 3.63. The lowest BCUT2D eigenvalue weighted by Crippen LogP contribution is -2.11. The second kappa shape index (κ2) is 5.28. The first-order chi connectivity index (χ1) is 8.35. The summed E-state index contributed by atoms with van der Waals surface area (Å²) < 4.78 is 1.82. The fraction of sp³-hybridized carbons (Fsp3) is 0.231. The molecule has 0 fully saturated rings. The molecule has 86 valence electrons. The molecule has 2 heterocycles. The summed E-state index contributed by atoms with van der Waals surface area (Å²) in [6.07, 6.45) is 7.08. The molecule has 0 radical (unpaired) electrons. The van der Waals surface area contributed by atoms with E-state index >= 15 is 0 Å². The Kier molecular flexibility index (Phi) is 3.53. The Hall–Kier alpha value is -2.12. The standard InChI is InChI=1S/C13H14N4/c1-3-8-17-11(10-14-2)9-13(16-17)12-6-4-5-7-15-12/h1,4-7,9,14H,8,10H2,2H3. The highest BCUT2D eigenvalue weighted by molar-refractivity contribution is 5.53. The molecule has 0 aliphatic carbocycles. The highest BCUT2D eigenvalue weighted by Gasteiger charge is 2.08. The summed E-state index contributed by atoms with van der Waals surface area (Å²) in [5.74, 6) is 2.60. The third kappa shape index (κ3) is 2.52. The zero-order valence-electron chi connectivity index (χ0n) is 9.72. The molecule has 0 aromatic carbocycles. The van der Waals surface area contributed by atoms with Crippen LogP contribution in [0.1, 0.15) is 5.69 Å². The molecule has 2 rings (SSSR count). The van der Waals surface area contributed by atoms with Gasteiger partial charge in [-0.15, -0.1) is 6.42 Å². The van der Waals surface area contributed by atoms with Crippen molar-refractivity contribution in [1.82, 2.24) is 20.1 Å². The van der Waals surface area contributed by atoms with E-state index in [-0.39, 0.29) is 0 Å². The molecule has 0 unspecified atom stereocenters. The van der Waals surface area contributed by atoms with Crippen LogP contribution in [0, 0.1) is 12.3 Å². The predicted molar refractivity (Wildman–Crippen MR) is 67.1 cm³/mol. The molecule has 4 nitrogen and oxygen atoms in total. The molecule has 0 saturated heterocycles. The van der Waals surface area contributed by atoms with Gasteiger partial charge in [0.15, 0.2) is 0 Å². The Bertz CT molecular complexity index is 522. The summed E-state index contributed by atoms with van der Waals surface area (Å²) >= 11 is 0. The molecule has 2 aromatic rings. The van der Waals surface area contributed by atoms with Crippen molar-refractivity contribution in [3.05, 3.63) is 36.2 Å². The number of hydrogen-bond acceptors (Lipinski definition) is 3. The van der Waals surface area contributed by atoms with E-state index in [1.165, 1.54) is 0 Å². The summed E-state index contributed by atoms with van der Waals surface area (Å²) in [5, 5.41) is 7.56. The van der Waals surface area contributed by atoms with Gasteiger partial charge in [-0.3, -0.25) is 9.67 Å². The fourth-order valence-corrected chi connectivity index (χ4v) is 1.64. The maximum atomic E-state index is 5.33. The Morgan fingerprint density at radius 2 is 2.29 bits per heavy atom. The lowest BCUT2D eigenvalue weighted by molar-refractivity contribution is 0.642. The second-order valence-electron chi connectivity index (χ2n) is 3.63. The number of aromatic nitrogens is 3. The molecule has 0 amide bonds. The van der Waals surface area contributed by atoms with Crippen molar-refractivity contribution in [3.63, 3.8) is 0 Å². The molecule has 0 atom stereocenters. The normalized spacial score (nSPS) is 10.1. The van der Waals surface area contributed by atoms with E-state index < -0.39 is 0 Å². The Morgan fingerprint density at radius 3 is 2.94 bits per heavy atom. The van der Waals surface area contributed by atoms with Gasteiger partial charge in [0.1, 0.15) is 12.2 Å². The summed E-state index contributed by atoms with van der Waals surface area (Å²) in [6.45, 7) is 1.21. The molecule has 0 bridgehead atoms.